The predicted molar refractivity (Wildman–Crippen MR) is 75.5 cm³/mol. The first-order valence-electron chi connectivity index (χ1n) is 6.51. The second kappa shape index (κ2) is 5.43. The smallest absolute Gasteiger partial charge is 0.124 e. The van der Waals surface area contributed by atoms with Crippen LogP contribution in [0.4, 0.5) is 4.39 Å². The highest BCUT2D eigenvalue weighted by molar-refractivity contribution is 6.31. The molecule has 0 saturated heterocycles. The van der Waals surface area contributed by atoms with Gasteiger partial charge in [-0.3, -0.25) is 0 Å². The molecule has 2 nitrogen and oxygen atoms in total. The number of hydrogen-bond donors (Lipinski definition) is 1. The van der Waals surface area contributed by atoms with Gasteiger partial charge in [0.15, 0.2) is 0 Å². The number of aryl methyl sites for hydroxylation is 1. The summed E-state index contributed by atoms with van der Waals surface area (Å²) in [5, 5.41) is 10.1. The van der Waals surface area contributed by atoms with Gasteiger partial charge in [0, 0.05) is 5.56 Å². The molecule has 0 saturated carbocycles. The molecule has 0 unspecified atom stereocenters. The van der Waals surface area contributed by atoms with Crippen LogP contribution in [0.3, 0.4) is 0 Å². The van der Waals surface area contributed by atoms with Crippen molar-refractivity contribution in [2.24, 2.45) is 0 Å². The van der Waals surface area contributed by atoms with E-state index in [9.17, 15) is 9.50 Å². The first kappa shape index (κ1) is 13.4. The topological polar surface area (TPSA) is 29.5 Å². The van der Waals surface area contributed by atoms with Crippen LogP contribution in [0.15, 0.2) is 36.4 Å². The molecule has 1 aliphatic rings. The molecular weight excluding hydrogens is 279 g/mol. The van der Waals surface area contributed by atoms with Crippen LogP contribution in [-0.4, -0.2) is 5.11 Å². The fourth-order valence-electron chi connectivity index (χ4n) is 2.46. The van der Waals surface area contributed by atoms with Gasteiger partial charge in [-0.1, -0.05) is 23.7 Å². The molecule has 0 bridgehead atoms. The number of hydrogen-bond acceptors (Lipinski definition) is 2. The largest absolute Gasteiger partial charge is 0.489 e. The van der Waals surface area contributed by atoms with Crippen LogP contribution in [-0.2, 0) is 13.0 Å². The summed E-state index contributed by atoms with van der Waals surface area (Å²) in [4.78, 5) is 0. The van der Waals surface area contributed by atoms with Gasteiger partial charge in [-0.2, -0.15) is 0 Å². The van der Waals surface area contributed by atoms with Gasteiger partial charge in [0.1, 0.15) is 18.2 Å². The van der Waals surface area contributed by atoms with Crippen LogP contribution in [0.5, 0.6) is 5.75 Å². The number of halogens is 2. The van der Waals surface area contributed by atoms with Gasteiger partial charge in [0.05, 0.1) is 11.1 Å². The Morgan fingerprint density at radius 3 is 2.90 bits per heavy atom. The lowest BCUT2D eigenvalue weighted by Crippen LogP contribution is -1.98. The maximum Gasteiger partial charge on any atom is 0.124 e. The van der Waals surface area contributed by atoms with Crippen LogP contribution >= 0.6 is 11.6 Å². The number of ether oxygens (including phenoxy) is 1. The summed E-state index contributed by atoms with van der Waals surface area (Å²) in [6.07, 6.45) is 1.28. The number of aliphatic hydroxyl groups excluding tert-OH is 1. The second-order valence-corrected chi connectivity index (χ2v) is 5.35. The maximum absolute atomic E-state index is 12.9. The fourth-order valence-corrected chi connectivity index (χ4v) is 2.68. The highest BCUT2D eigenvalue weighted by atomic mass is 35.5. The fraction of sp³-hybridized carbons (Fsp3) is 0.250. The van der Waals surface area contributed by atoms with Crippen molar-refractivity contribution in [3.63, 3.8) is 0 Å². The van der Waals surface area contributed by atoms with Crippen molar-refractivity contribution in [2.45, 2.75) is 25.6 Å². The van der Waals surface area contributed by atoms with E-state index in [1.54, 1.807) is 6.07 Å². The lowest BCUT2D eigenvalue weighted by atomic mass is 10.1. The Morgan fingerprint density at radius 1 is 1.25 bits per heavy atom. The zero-order valence-electron chi connectivity index (χ0n) is 10.8. The minimum absolute atomic E-state index is 0.292. The van der Waals surface area contributed by atoms with Gasteiger partial charge < -0.3 is 9.84 Å². The molecule has 1 N–H and O–H groups in total. The summed E-state index contributed by atoms with van der Waals surface area (Å²) in [6.45, 7) is 0.292. The van der Waals surface area contributed by atoms with Crippen molar-refractivity contribution >= 4 is 11.6 Å². The molecule has 1 aliphatic carbocycles. The van der Waals surface area contributed by atoms with E-state index in [1.807, 2.05) is 18.2 Å². The van der Waals surface area contributed by atoms with Crippen LogP contribution in [0, 0.1) is 5.82 Å². The van der Waals surface area contributed by atoms with Crippen molar-refractivity contribution < 1.29 is 14.2 Å². The zero-order chi connectivity index (χ0) is 14.1. The first-order valence-corrected chi connectivity index (χ1v) is 6.89. The van der Waals surface area contributed by atoms with Crippen LogP contribution in [0.2, 0.25) is 5.02 Å². The predicted octanol–water partition coefficient (Wildman–Crippen LogP) is 4.04. The Labute approximate surface area is 121 Å². The SMILES string of the molecule is O[C@H]1CCc2cc(OCc3ccc(F)cc3Cl)ccc21. The van der Waals surface area contributed by atoms with Gasteiger partial charge in [-0.25, -0.2) is 4.39 Å². The van der Waals surface area contributed by atoms with Crippen LogP contribution in [0.1, 0.15) is 29.2 Å². The van der Waals surface area contributed by atoms with E-state index < -0.39 is 0 Å². The molecule has 0 aromatic heterocycles. The molecular formula is C16H14ClFO2. The summed E-state index contributed by atoms with van der Waals surface area (Å²) >= 11 is 5.96. The molecule has 0 amide bonds. The van der Waals surface area contributed by atoms with Gasteiger partial charge >= 0.3 is 0 Å². The van der Waals surface area contributed by atoms with E-state index in [2.05, 4.69) is 0 Å². The van der Waals surface area contributed by atoms with Crippen molar-refractivity contribution in [2.75, 3.05) is 0 Å². The third-order valence-corrected chi connectivity index (χ3v) is 3.92. The quantitative estimate of drug-likeness (QED) is 0.925. The third kappa shape index (κ3) is 2.65. The van der Waals surface area contributed by atoms with Gasteiger partial charge in [-0.15, -0.1) is 0 Å². The first-order chi connectivity index (χ1) is 9.63. The molecule has 0 spiro atoms. The molecule has 0 fully saturated rings. The molecule has 4 heteroatoms. The standard InChI is InChI=1S/C16H14ClFO2/c17-15-8-12(18)3-1-11(15)9-20-13-4-5-14-10(7-13)2-6-16(14)19/h1,3-5,7-8,16,19H,2,6,9H2/t16-/m0/s1. The Bertz CT molecular complexity index is 642. The van der Waals surface area contributed by atoms with E-state index in [1.165, 1.54) is 12.1 Å². The molecule has 1 atom stereocenters. The zero-order valence-corrected chi connectivity index (χ0v) is 11.5. The van der Waals surface area contributed by atoms with Gasteiger partial charge in [0.25, 0.3) is 0 Å². The summed E-state index contributed by atoms with van der Waals surface area (Å²) in [5.74, 6) is 0.378. The summed E-state index contributed by atoms with van der Waals surface area (Å²) in [6, 6.07) is 9.94. The highest BCUT2D eigenvalue weighted by Gasteiger charge is 2.20. The van der Waals surface area contributed by atoms with Crippen molar-refractivity contribution in [3.05, 3.63) is 63.9 Å². The van der Waals surface area contributed by atoms with E-state index >= 15 is 0 Å². The summed E-state index contributed by atoms with van der Waals surface area (Å²) in [7, 11) is 0. The Morgan fingerprint density at radius 2 is 2.10 bits per heavy atom. The van der Waals surface area contributed by atoms with E-state index in [0.717, 1.165) is 35.3 Å². The molecule has 0 heterocycles. The van der Waals surface area contributed by atoms with Gasteiger partial charge in [-0.05, 0) is 48.2 Å². The van der Waals surface area contributed by atoms with Crippen molar-refractivity contribution in [1.29, 1.82) is 0 Å². The average molecular weight is 293 g/mol. The van der Waals surface area contributed by atoms with Crippen molar-refractivity contribution in [1.82, 2.24) is 0 Å². The molecule has 0 radical (unpaired) electrons. The number of fused-ring (bicyclic) bond motifs is 1. The molecule has 3 rings (SSSR count). The lowest BCUT2D eigenvalue weighted by molar-refractivity contribution is 0.180. The monoisotopic (exact) mass is 292 g/mol. The maximum atomic E-state index is 12.9. The summed E-state index contributed by atoms with van der Waals surface area (Å²) < 4.78 is 18.6. The second-order valence-electron chi connectivity index (χ2n) is 4.94. The molecule has 20 heavy (non-hydrogen) atoms. The Balaban J connectivity index is 1.73. The Kier molecular flexibility index (Phi) is 3.64. The number of benzene rings is 2. The number of aliphatic hydroxyl groups is 1. The van der Waals surface area contributed by atoms with Crippen molar-refractivity contribution in [3.8, 4) is 5.75 Å². The summed E-state index contributed by atoms with van der Waals surface area (Å²) in [5.41, 5.74) is 2.85. The average Bonchev–Trinajstić information content (AvgIpc) is 2.79. The molecule has 2 aromatic rings. The van der Waals surface area contributed by atoms with Crippen LogP contribution < -0.4 is 4.74 Å². The molecule has 0 aliphatic heterocycles. The number of rotatable bonds is 3. The lowest BCUT2D eigenvalue weighted by Gasteiger charge is -2.10. The minimum atomic E-state index is -0.356. The molecule has 104 valence electrons. The molecule has 2 aromatic carbocycles. The normalized spacial score (nSPS) is 17.1. The van der Waals surface area contributed by atoms with Crippen LogP contribution in [0.25, 0.3) is 0 Å². The van der Waals surface area contributed by atoms with E-state index in [0.29, 0.717) is 11.6 Å². The third-order valence-electron chi connectivity index (χ3n) is 3.57. The van der Waals surface area contributed by atoms with E-state index in [4.69, 9.17) is 16.3 Å². The minimum Gasteiger partial charge on any atom is -0.489 e. The van der Waals surface area contributed by atoms with Gasteiger partial charge in [0.2, 0.25) is 0 Å². The van der Waals surface area contributed by atoms with E-state index in [-0.39, 0.29) is 11.9 Å². The highest BCUT2D eigenvalue weighted by Crippen LogP contribution is 2.33. The Hall–Kier alpha value is -1.58.